The highest BCUT2D eigenvalue weighted by Gasteiger charge is 2.27. The van der Waals surface area contributed by atoms with Crippen LogP contribution < -0.4 is 0 Å². The predicted molar refractivity (Wildman–Crippen MR) is 98.0 cm³/mol. The second-order valence-electron chi connectivity index (χ2n) is 6.55. The number of hydrogen-bond donors (Lipinski definition) is 0. The van der Waals surface area contributed by atoms with Crippen molar-refractivity contribution in [2.45, 2.75) is 18.8 Å². The minimum Gasteiger partial charge on any atom is -0.342 e. The maximum atomic E-state index is 12.8. The molecular formula is C22H21NO. The van der Waals surface area contributed by atoms with Gasteiger partial charge in [0, 0.05) is 19.0 Å². The molecule has 3 aromatic rings. The molecule has 3 aromatic carbocycles. The normalized spacial score (nSPS) is 17.3. The van der Waals surface area contributed by atoms with Gasteiger partial charge in [-0.15, -0.1) is 0 Å². The van der Waals surface area contributed by atoms with Crippen molar-refractivity contribution >= 4 is 16.7 Å². The zero-order valence-corrected chi connectivity index (χ0v) is 13.7. The maximum absolute atomic E-state index is 12.8. The highest BCUT2D eigenvalue weighted by molar-refractivity contribution is 5.90. The maximum Gasteiger partial charge on any atom is 0.227 e. The highest BCUT2D eigenvalue weighted by atomic mass is 16.2. The summed E-state index contributed by atoms with van der Waals surface area (Å²) < 4.78 is 0. The van der Waals surface area contributed by atoms with Crippen LogP contribution in [0.5, 0.6) is 0 Å². The van der Waals surface area contributed by atoms with Crippen molar-refractivity contribution in [2.24, 2.45) is 0 Å². The summed E-state index contributed by atoms with van der Waals surface area (Å²) in [7, 11) is 0. The van der Waals surface area contributed by atoms with Gasteiger partial charge in [-0.05, 0) is 28.3 Å². The fourth-order valence-electron chi connectivity index (χ4n) is 3.71. The van der Waals surface area contributed by atoms with E-state index in [1.165, 1.54) is 16.3 Å². The van der Waals surface area contributed by atoms with Crippen molar-refractivity contribution in [2.75, 3.05) is 13.1 Å². The van der Waals surface area contributed by atoms with Crippen molar-refractivity contribution < 1.29 is 4.79 Å². The molecule has 0 spiro atoms. The second kappa shape index (κ2) is 6.48. The molecule has 0 aromatic heterocycles. The lowest BCUT2D eigenvalue weighted by Crippen LogP contribution is -2.29. The largest absolute Gasteiger partial charge is 0.342 e. The third-order valence-corrected chi connectivity index (χ3v) is 5.03. The molecule has 1 saturated heterocycles. The Bertz CT molecular complexity index is 851. The third kappa shape index (κ3) is 2.92. The van der Waals surface area contributed by atoms with Gasteiger partial charge in [0.05, 0.1) is 6.42 Å². The van der Waals surface area contributed by atoms with Crippen LogP contribution >= 0.6 is 0 Å². The first kappa shape index (κ1) is 14.9. The van der Waals surface area contributed by atoms with E-state index >= 15 is 0 Å². The van der Waals surface area contributed by atoms with Crippen molar-refractivity contribution in [3.63, 3.8) is 0 Å². The van der Waals surface area contributed by atoms with Gasteiger partial charge in [-0.1, -0.05) is 72.8 Å². The summed E-state index contributed by atoms with van der Waals surface area (Å²) >= 11 is 0. The lowest BCUT2D eigenvalue weighted by molar-refractivity contribution is -0.129. The molecule has 1 fully saturated rings. The van der Waals surface area contributed by atoms with Crippen LogP contribution in [-0.2, 0) is 11.2 Å². The molecule has 1 aliphatic heterocycles. The Kier molecular flexibility index (Phi) is 4.04. The number of hydrogen-bond acceptors (Lipinski definition) is 1. The molecule has 1 heterocycles. The average molecular weight is 315 g/mol. The zero-order valence-electron chi connectivity index (χ0n) is 13.7. The first-order valence-electron chi connectivity index (χ1n) is 8.60. The Balaban J connectivity index is 1.49. The molecule has 1 amide bonds. The van der Waals surface area contributed by atoms with Crippen molar-refractivity contribution in [1.29, 1.82) is 0 Å². The Morgan fingerprint density at radius 2 is 1.67 bits per heavy atom. The first-order chi connectivity index (χ1) is 11.8. The van der Waals surface area contributed by atoms with Gasteiger partial charge in [-0.3, -0.25) is 4.79 Å². The van der Waals surface area contributed by atoms with Gasteiger partial charge < -0.3 is 4.90 Å². The van der Waals surface area contributed by atoms with Crippen LogP contribution in [0, 0.1) is 0 Å². The number of amides is 1. The minimum absolute atomic E-state index is 0.241. The summed E-state index contributed by atoms with van der Waals surface area (Å²) in [5, 5.41) is 2.39. The van der Waals surface area contributed by atoms with E-state index in [1.54, 1.807) is 0 Å². The summed E-state index contributed by atoms with van der Waals surface area (Å²) in [6.45, 7) is 1.71. The van der Waals surface area contributed by atoms with Crippen LogP contribution in [0.15, 0.2) is 72.8 Å². The van der Waals surface area contributed by atoms with Gasteiger partial charge in [0.2, 0.25) is 5.91 Å². The number of likely N-dealkylation sites (tertiary alicyclic amines) is 1. The smallest absolute Gasteiger partial charge is 0.227 e. The third-order valence-electron chi connectivity index (χ3n) is 5.03. The number of benzene rings is 3. The van der Waals surface area contributed by atoms with Crippen LogP contribution in [0.4, 0.5) is 0 Å². The Morgan fingerprint density at radius 1 is 0.917 bits per heavy atom. The molecule has 1 unspecified atom stereocenters. The lowest BCUT2D eigenvalue weighted by atomic mass is 9.99. The first-order valence-corrected chi connectivity index (χ1v) is 8.60. The summed E-state index contributed by atoms with van der Waals surface area (Å²) in [6.07, 6.45) is 1.55. The molecular weight excluding hydrogens is 294 g/mol. The van der Waals surface area contributed by atoms with Gasteiger partial charge in [0.15, 0.2) is 0 Å². The molecule has 0 bridgehead atoms. The fraction of sp³-hybridized carbons (Fsp3) is 0.227. The van der Waals surface area contributed by atoms with Crippen LogP contribution in [0.25, 0.3) is 10.8 Å². The zero-order chi connectivity index (χ0) is 16.4. The Hall–Kier alpha value is -2.61. The second-order valence-corrected chi connectivity index (χ2v) is 6.55. The fourth-order valence-corrected chi connectivity index (χ4v) is 3.71. The van der Waals surface area contributed by atoms with Crippen molar-refractivity contribution in [3.05, 3.63) is 83.9 Å². The molecule has 0 radical (unpaired) electrons. The van der Waals surface area contributed by atoms with E-state index in [0.29, 0.717) is 12.3 Å². The van der Waals surface area contributed by atoms with Crippen LogP contribution in [0.1, 0.15) is 23.5 Å². The minimum atomic E-state index is 0.241. The summed E-state index contributed by atoms with van der Waals surface area (Å²) in [4.78, 5) is 14.8. The number of carbonyl (C=O) groups is 1. The van der Waals surface area contributed by atoms with Gasteiger partial charge >= 0.3 is 0 Å². The van der Waals surface area contributed by atoms with E-state index in [0.717, 1.165) is 25.1 Å². The highest BCUT2D eigenvalue weighted by Crippen LogP contribution is 2.28. The number of fused-ring (bicyclic) bond motifs is 1. The van der Waals surface area contributed by atoms with Gasteiger partial charge in [0.25, 0.3) is 0 Å². The number of nitrogens with zero attached hydrogens (tertiary/aromatic N) is 1. The van der Waals surface area contributed by atoms with Crippen LogP contribution in [0.2, 0.25) is 0 Å². The van der Waals surface area contributed by atoms with E-state index in [2.05, 4.69) is 48.5 Å². The SMILES string of the molecule is O=C(Cc1cccc2ccccc12)N1CCC(c2ccccc2)C1. The molecule has 1 atom stereocenters. The molecule has 0 aliphatic carbocycles. The molecule has 0 N–H and O–H groups in total. The average Bonchev–Trinajstić information content (AvgIpc) is 3.13. The lowest BCUT2D eigenvalue weighted by Gasteiger charge is -2.17. The molecule has 0 saturated carbocycles. The van der Waals surface area contributed by atoms with Crippen molar-refractivity contribution in [3.8, 4) is 0 Å². The topological polar surface area (TPSA) is 20.3 Å². The number of carbonyl (C=O) groups excluding carboxylic acids is 1. The van der Waals surface area contributed by atoms with E-state index in [4.69, 9.17) is 0 Å². The molecule has 120 valence electrons. The molecule has 4 rings (SSSR count). The molecule has 2 nitrogen and oxygen atoms in total. The van der Waals surface area contributed by atoms with Crippen molar-refractivity contribution in [1.82, 2.24) is 4.90 Å². The molecule has 1 aliphatic rings. The summed E-state index contributed by atoms with van der Waals surface area (Å²) in [5.41, 5.74) is 2.47. The van der Waals surface area contributed by atoms with E-state index < -0.39 is 0 Å². The predicted octanol–water partition coefficient (Wildman–Crippen LogP) is 4.40. The Morgan fingerprint density at radius 3 is 2.54 bits per heavy atom. The van der Waals surface area contributed by atoms with E-state index in [-0.39, 0.29) is 5.91 Å². The summed E-state index contributed by atoms with van der Waals surface area (Å²) in [6, 6.07) is 25.0. The number of rotatable bonds is 3. The van der Waals surface area contributed by atoms with E-state index in [9.17, 15) is 4.79 Å². The molecule has 2 heteroatoms. The van der Waals surface area contributed by atoms with E-state index in [1.807, 2.05) is 29.2 Å². The van der Waals surface area contributed by atoms with Gasteiger partial charge in [0.1, 0.15) is 0 Å². The monoisotopic (exact) mass is 315 g/mol. The Labute approximate surface area is 142 Å². The molecule has 24 heavy (non-hydrogen) atoms. The van der Waals surface area contributed by atoms with Crippen LogP contribution in [0.3, 0.4) is 0 Å². The van der Waals surface area contributed by atoms with Gasteiger partial charge in [-0.25, -0.2) is 0 Å². The standard InChI is InChI=1S/C22H21NO/c24-22(15-19-11-6-10-18-9-4-5-12-21(18)19)23-14-13-20(16-23)17-7-2-1-3-8-17/h1-12,20H,13-16H2. The van der Waals surface area contributed by atoms with Crippen LogP contribution in [-0.4, -0.2) is 23.9 Å². The van der Waals surface area contributed by atoms with Gasteiger partial charge in [-0.2, -0.15) is 0 Å². The summed E-state index contributed by atoms with van der Waals surface area (Å²) in [5.74, 6) is 0.715. The quantitative estimate of drug-likeness (QED) is 0.701.